The normalized spacial score (nSPS) is 37.1. The minimum absolute atomic E-state index is 0.190. The van der Waals surface area contributed by atoms with Crippen LogP contribution in [0.5, 0.6) is 0 Å². The molecule has 5 N–H and O–H groups in total. The molecule has 1 heterocycles. The Morgan fingerprint density at radius 2 is 2.00 bits per heavy atom. The van der Waals surface area contributed by atoms with Gasteiger partial charge in [-0.2, -0.15) is 0 Å². The first-order valence-electron chi connectivity index (χ1n) is 5.10. The third-order valence-electron chi connectivity index (χ3n) is 2.54. The summed E-state index contributed by atoms with van der Waals surface area (Å²) in [6.07, 6.45) is -3.07. The zero-order chi connectivity index (χ0) is 11.4. The maximum atomic E-state index is 11.1. The highest BCUT2D eigenvalue weighted by atomic mass is 16.4. The van der Waals surface area contributed by atoms with E-state index in [0.29, 0.717) is 13.0 Å². The molecule has 1 aliphatic rings. The topological polar surface area (TPSA) is 102 Å². The first-order chi connectivity index (χ1) is 7.06. The highest BCUT2D eigenvalue weighted by Crippen LogP contribution is 2.08. The Morgan fingerprint density at radius 1 is 1.33 bits per heavy atom. The largest absolute Gasteiger partial charge is 0.389 e. The molecular formula is C9H18N2O4. The van der Waals surface area contributed by atoms with Gasteiger partial charge in [0.1, 0.15) is 12.2 Å². The van der Waals surface area contributed by atoms with Crippen LogP contribution in [0.25, 0.3) is 0 Å². The van der Waals surface area contributed by atoms with E-state index in [1.54, 1.807) is 6.92 Å². The number of aliphatic hydroxyl groups excluding tert-OH is 3. The lowest BCUT2D eigenvalue weighted by atomic mass is 10.0. The van der Waals surface area contributed by atoms with Crippen LogP contribution in [0.3, 0.4) is 0 Å². The van der Waals surface area contributed by atoms with Crippen LogP contribution in [-0.2, 0) is 4.79 Å². The van der Waals surface area contributed by atoms with Crippen molar-refractivity contribution in [2.24, 2.45) is 0 Å². The van der Waals surface area contributed by atoms with E-state index in [1.807, 2.05) is 0 Å². The molecule has 0 unspecified atom stereocenters. The summed E-state index contributed by atoms with van der Waals surface area (Å²) in [5, 5.41) is 33.9. The summed E-state index contributed by atoms with van der Waals surface area (Å²) in [6.45, 7) is 2.24. The summed E-state index contributed by atoms with van der Waals surface area (Å²) in [4.78, 5) is 11.1. The number of carbonyl (C=O) groups is 1. The summed E-state index contributed by atoms with van der Waals surface area (Å²) in [7, 11) is 0. The minimum atomic E-state index is -1.23. The van der Waals surface area contributed by atoms with Crippen molar-refractivity contribution < 1.29 is 20.1 Å². The fourth-order valence-corrected chi connectivity index (χ4v) is 1.54. The SMILES string of the molecule is CCC(=O)N[C@H]1CNC[C@H](O)[C@@H](O)[C@@H]1O. The molecule has 0 aromatic rings. The van der Waals surface area contributed by atoms with Gasteiger partial charge in [-0.25, -0.2) is 0 Å². The molecule has 88 valence electrons. The zero-order valence-corrected chi connectivity index (χ0v) is 8.68. The van der Waals surface area contributed by atoms with E-state index in [4.69, 9.17) is 0 Å². The average Bonchev–Trinajstić information content (AvgIpc) is 2.34. The van der Waals surface area contributed by atoms with Crippen molar-refractivity contribution in [2.75, 3.05) is 13.1 Å². The number of nitrogens with one attached hydrogen (secondary N) is 2. The van der Waals surface area contributed by atoms with E-state index < -0.39 is 24.4 Å². The number of aliphatic hydroxyl groups is 3. The molecule has 1 fully saturated rings. The quantitative estimate of drug-likeness (QED) is 0.355. The number of β-amino-alcohol motifs (C(OH)–C–C–N with tert-alkyl or cyclic N) is 1. The maximum absolute atomic E-state index is 11.1. The first kappa shape index (κ1) is 12.4. The van der Waals surface area contributed by atoms with Crippen molar-refractivity contribution in [3.8, 4) is 0 Å². The van der Waals surface area contributed by atoms with Crippen molar-refractivity contribution in [3.63, 3.8) is 0 Å². The van der Waals surface area contributed by atoms with Gasteiger partial charge in [0.05, 0.1) is 12.1 Å². The van der Waals surface area contributed by atoms with Gasteiger partial charge >= 0.3 is 0 Å². The molecule has 6 nitrogen and oxygen atoms in total. The standard InChI is InChI=1S/C9H18N2O4/c1-2-7(13)11-5-3-10-4-6(12)9(15)8(5)14/h5-6,8-10,12,14-15H,2-4H2,1H3,(H,11,13)/t5-,6-,8+,9+/m0/s1. The van der Waals surface area contributed by atoms with Gasteiger partial charge in [0.25, 0.3) is 0 Å². The fraction of sp³-hybridized carbons (Fsp3) is 0.889. The monoisotopic (exact) mass is 218 g/mol. The van der Waals surface area contributed by atoms with Crippen LogP contribution in [0.2, 0.25) is 0 Å². The van der Waals surface area contributed by atoms with Crippen LogP contribution in [0.1, 0.15) is 13.3 Å². The molecule has 15 heavy (non-hydrogen) atoms. The van der Waals surface area contributed by atoms with Gasteiger partial charge in [0.15, 0.2) is 0 Å². The minimum Gasteiger partial charge on any atom is -0.389 e. The van der Waals surface area contributed by atoms with Gasteiger partial charge < -0.3 is 26.0 Å². The highest BCUT2D eigenvalue weighted by molar-refractivity contribution is 5.75. The predicted octanol–water partition coefficient (Wildman–Crippen LogP) is -2.43. The Balaban J connectivity index is 2.59. The summed E-state index contributed by atoms with van der Waals surface area (Å²) in [5.41, 5.74) is 0. The van der Waals surface area contributed by atoms with E-state index in [9.17, 15) is 20.1 Å². The third kappa shape index (κ3) is 3.13. The van der Waals surface area contributed by atoms with E-state index in [0.717, 1.165) is 0 Å². The number of hydrogen-bond donors (Lipinski definition) is 5. The lowest BCUT2D eigenvalue weighted by molar-refractivity contribution is -0.123. The second-order valence-electron chi connectivity index (χ2n) is 3.73. The lowest BCUT2D eigenvalue weighted by Crippen LogP contribution is -2.52. The molecule has 0 aliphatic carbocycles. The van der Waals surface area contributed by atoms with Crippen LogP contribution in [0.4, 0.5) is 0 Å². The Kier molecular flexibility index (Phi) is 4.46. The summed E-state index contributed by atoms with van der Waals surface area (Å²) < 4.78 is 0. The molecule has 0 saturated carbocycles. The molecule has 0 aromatic carbocycles. The van der Waals surface area contributed by atoms with Crippen molar-refractivity contribution in [2.45, 2.75) is 37.7 Å². The predicted molar refractivity (Wildman–Crippen MR) is 53.1 cm³/mol. The van der Waals surface area contributed by atoms with Gasteiger partial charge in [-0.05, 0) is 0 Å². The molecule has 4 atom stereocenters. The number of carbonyl (C=O) groups excluding carboxylic acids is 1. The van der Waals surface area contributed by atoms with E-state index in [2.05, 4.69) is 10.6 Å². The van der Waals surface area contributed by atoms with Crippen LogP contribution >= 0.6 is 0 Å². The van der Waals surface area contributed by atoms with Gasteiger partial charge in [0, 0.05) is 19.5 Å². The van der Waals surface area contributed by atoms with Crippen molar-refractivity contribution in [3.05, 3.63) is 0 Å². The summed E-state index contributed by atoms with van der Waals surface area (Å²) in [6, 6.07) is -0.565. The first-order valence-corrected chi connectivity index (χ1v) is 5.10. The number of amides is 1. The molecule has 0 aromatic heterocycles. The molecule has 1 rings (SSSR count). The molecule has 1 saturated heterocycles. The second kappa shape index (κ2) is 5.41. The van der Waals surface area contributed by atoms with Crippen LogP contribution < -0.4 is 10.6 Å². The van der Waals surface area contributed by atoms with E-state index in [1.165, 1.54) is 0 Å². The Hall–Kier alpha value is -0.690. The molecule has 6 heteroatoms. The maximum Gasteiger partial charge on any atom is 0.220 e. The van der Waals surface area contributed by atoms with Crippen molar-refractivity contribution in [1.82, 2.24) is 10.6 Å². The Labute approximate surface area is 88.3 Å². The molecule has 0 bridgehead atoms. The lowest BCUT2D eigenvalue weighted by Gasteiger charge is -2.25. The number of hydrogen-bond acceptors (Lipinski definition) is 5. The van der Waals surface area contributed by atoms with Crippen molar-refractivity contribution >= 4 is 5.91 Å². The molecule has 0 spiro atoms. The third-order valence-corrected chi connectivity index (χ3v) is 2.54. The Bertz CT molecular complexity index is 224. The van der Waals surface area contributed by atoms with Gasteiger partial charge in [0.2, 0.25) is 5.91 Å². The van der Waals surface area contributed by atoms with E-state index in [-0.39, 0.29) is 12.5 Å². The number of rotatable bonds is 2. The summed E-state index contributed by atoms with van der Waals surface area (Å²) >= 11 is 0. The van der Waals surface area contributed by atoms with Crippen LogP contribution in [0, 0.1) is 0 Å². The average molecular weight is 218 g/mol. The van der Waals surface area contributed by atoms with Gasteiger partial charge in [-0.3, -0.25) is 4.79 Å². The second-order valence-corrected chi connectivity index (χ2v) is 3.73. The van der Waals surface area contributed by atoms with E-state index >= 15 is 0 Å². The highest BCUT2D eigenvalue weighted by Gasteiger charge is 2.34. The van der Waals surface area contributed by atoms with Crippen LogP contribution in [0.15, 0.2) is 0 Å². The van der Waals surface area contributed by atoms with Crippen LogP contribution in [-0.4, -0.2) is 58.7 Å². The van der Waals surface area contributed by atoms with Gasteiger partial charge in [-0.15, -0.1) is 0 Å². The molecular weight excluding hydrogens is 200 g/mol. The Morgan fingerprint density at radius 3 is 2.60 bits per heavy atom. The fourth-order valence-electron chi connectivity index (χ4n) is 1.54. The zero-order valence-electron chi connectivity index (χ0n) is 8.68. The molecule has 0 radical (unpaired) electrons. The van der Waals surface area contributed by atoms with Gasteiger partial charge in [-0.1, -0.05) is 6.92 Å². The smallest absolute Gasteiger partial charge is 0.220 e. The van der Waals surface area contributed by atoms with Crippen molar-refractivity contribution in [1.29, 1.82) is 0 Å². The molecule has 1 amide bonds. The summed E-state index contributed by atoms with van der Waals surface area (Å²) in [5.74, 6) is -0.190. The molecule has 1 aliphatic heterocycles.